The molecule has 0 aromatic carbocycles. The van der Waals surface area contributed by atoms with Crippen LogP contribution in [0, 0.1) is 6.92 Å². The van der Waals surface area contributed by atoms with Gasteiger partial charge < -0.3 is 14.2 Å². The molecular weight excluding hydrogens is 282 g/mol. The highest BCUT2D eigenvalue weighted by atomic mass is 16.5. The lowest BCUT2D eigenvalue weighted by Crippen LogP contribution is -2.39. The van der Waals surface area contributed by atoms with Gasteiger partial charge in [0.25, 0.3) is 0 Å². The average molecular weight is 307 g/mol. The molecule has 3 rings (SSSR count). The zero-order chi connectivity index (χ0) is 15.4. The van der Waals surface area contributed by atoms with Gasteiger partial charge in [0.15, 0.2) is 5.82 Å². The van der Waals surface area contributed by atoms with Crippen LogP contribution in [0.5, 0.6) is 0 Å². The number of aromatic nitrogens is 2. The Kier molecular flexibility index (Phi) is 5.08. The number of amides is 1. The first-order chi connectivity index (χ1) is 10.7. The lowest BCUT2D eigenvalue weighted by Gasteiger charge is -2.32. The van der Waals surface area contributed by atoms with E-state index in [9.17, 15) is 4.79 Å². The van der Waals surface area contributed by atoms with Crippen molar-refractivity contribution >= 4 is 5.91 Å². The van der Waals surface area contributed by atoms with Gasteiger partial charge in [0.2, 0.25) is 11.8 Å². The Labute approximate surface area is 131 Å². The summed E-state index contributed by atoms with van der Waals surface area (Å²) in [6.07, 6.45) is 7.21. The van der Waals surface area contributed by atoms with Gasteiger partial charge >= 0.3 is 0 Å². The van der Waals surface area contributed by atoms with Gasteiger partial charge in [-0.15, -0.1) is 0 Å². The average Bonchev–Trinajstić information content (AvgIpc) is 3.00. The summed E-state index contributed by atoms with van der Waals surface area (Å²) in [5.41, 5.74) is 0. The maximum Gasteiger partial charge on any atom is 0.223 e. The Morgan fingerprint density at radius 1 is 1.32 bits per heavy atom. The molecule has 0 radical (unpaired) electrons. The van der Waals surface area contributed by atoms with E-state index in [1.54, 1.807) is 6.92 Å². The highest BCUT2D eigenvalue weighted by molar-refractivity contribution is 5.76. The maximum absolute atomic E-state index is 12.4. The van der Waals surface area contributed by atoms with Gasteiger partial charge in [0.1, 0.15) is 0 Å². The molecule has 2 fully saturated rings. The van der Waals surface area contributed by atoms with Crippen molar-refractivity contribution in [1.82, 2.24) is 15.0 Å². The van der Waals surface area contributed by atoms with Crippen LogP contribution in [0.25, 0.3) is 0 Å². The Bertz CT molecular complexity index is 497. The third-order valence-electron chi connectivity index (χ3n) is 4.64. The summed E-state index contributed by atoms with van der Waals surface area (Å²) < 4.78 is 10.8. The van der Waals surface area contributed by atoms with Crippen molar-refractivity contribution in [2.24, 2.45) is 0 Å². The number of carbonyl (C=O) groups excluding carboxylic acids is 1. The first-order valence-corrected chi connectivity index (χ1v) is 8.42. The molecule has 2 aliphatic rings. The third-order valence-corrected chi connectivity index (χ3v) is 4.64. The Morgan fingerprint density at radius 3 is 2.95 bits per heavy atom. The van der Waals surface area contributed by atoms with E-state index in [0.29, 0.717) is 18.9 Å². The Balaban J connectivity index is 1.49. The van der Waals surface area contributed by atoms with Crippen LogP contribution >= 0.6 is 0 Å². The van der Waals surface area contributed by atoms with Gasteiger partial charge in [-0.1, -0.05) is 5.16 Å². The molecule has 0 unspecified atom stereocenters. The van der Waals surface area contributed by atoms with Crippen LogP contribution in [0.4, 0.5) is 0 Å². The molecule has 1 aromatic rings. The van der Waals surface area contributed by atoms with E-state index in [-0.39, 0.29) is 17.9 Å². The van der Waals surface area contributed by atoms with E-state index in [0.717, 1.165) is 51.1 Å². The summed E-state index contributed by atoms with van der Waals surface area (Å²) >= 11 is 0. The summed E-state index contributed by atoms with van der Waals surface area (Å²) in [4.78, 5) is 18.7. The second kappa shape index (κ2) is 7.22. The Hall–Kier alpha value is -1.43. The van der Waals surface area contributed by atoms with Crippen molar-refractivity contribution in [3.05, 3.63) is 11.7 Å². The Morgan fingerprint density at radius 2 is 2.23 bits per heavy atom. The molecule has 0 bridgehead atoms. The number of ether oxygens (including phenoxy) is 1. The maximum atomic E-state index is 12.4. The van der Waals surface area contributed by atoms with Gasteiger partial charge in [0.05, 0.1) is 6.10 Å². The molecule has 0 aliphatic carbocycles. The molecular formula is C16H25N3O3. The summed E-state index contributed by atoms with van der Waals surface area (Å²) in [7, 11) is 0. The highest BCUT2D eigenvalue weighted by Gasteiger charge is 2.28. The largest absolute Gasteiger partial charge is 0.378 e. The molecule has 1 amide bonds. The van der Waals surface area contributed by atoms with Crippen LogP contribution < -0.4 is 0 Å². The first kappa shape index (κ1) is 15.5. The van der Waals surface area contributed by atoms with E-state index in [2.05, 4.69) is 10.1 Å². The summed E-state index contributed by atoms with van der Waals surface area (Å²) in [6, 6.07) is 0. The molecule has 6 nitrogen and oxygen atoms in total. The summed E-state index contributed by atoms with van der Waals surface area (Å²) in [6.45, 7) is 4.20. The number of rotatable bonds is 4. The van der Waals surface area contributed by atoms with Crippen molar-refractivity contribution in [3.63, 3.8) is 0 Å². The van der Waals surface area contributed by atoms with Crippen LogP contribution in [-0.2, 0) is 9.53 Å². The van der Waals surface area contributed by atoms with Crippen LogP contribution in [0.3, 0.4) is 0 Å². The monoisotopic (exact) mass is 307 g/mol. The molecule has 0 saturated carbocycles. The minimum Gasteiger partial charge on any atom is -0.378 e. The molecule has 6 heteroatoms. The zero-order valence-electron chi connectivity index (χ0n) is 13.3. The molecule has 2 saturated heterocycles. The zero-order valence-corrected chi connectivity index (χ0v) is 13.3. The number of aryl methyl sites for hydroxylation is 1. The number of hydrogen-bond acceptors (Lipinski definition) is 5. The smallest absolute Gasteiger partial charge is 0.223 e. The topological polar surface area (TPSA) is 68.5 Å². The van der Waals surface area contributed by atoms with Gasteiger partial charge in [-0.2, -0.15) is 4.98 Å². The van der Waals surface area contributed by atoms with Gasteiger partial charge in [0, 0.05) is 39.0 Å². The van der Waals surface area contributed by atoms with E-state index in [4.69, 9.17) is 9.26 Å². The van der Waals surface area contributed by atoms with Gasteiger partial charge in [-0.05, 0) is 38.5 Å². The van der Waals surface area contributed by atoms with Crippen molar-refractivity contribution < 1.29 is 14.1 Å². The fourth-order valence-corrected chi connectivity index (χ4v) is 3.37. The predicted molar refractivity (Wildman–Crippen MR) is 80.4 cm³/mol. The molecule has 122 valence electrons. The van der Waals surface area contributed by atoms with Crippen LogP contribution in [0.15, 0.2) is 4.52 Å². The highest BCUT2D eigenvalue weighted by Crippen LogP contribution is 2.26. The normalized spacial score (nSPS) is 26.1. The van der Waals surface area contributed by atoms with Crippen molar-refractivity contribution in [3.8, 4) is 0 Å². The van der Waals surface area contributed by atoms with Gasteiger partial charge in [-0.3, -0.25) is 4.79 Å². The first-order valence-electron chi connectivity index (χ1n) is 8.42. The van der Waals surface area contributed by atoms with Crippen molar-refractivity contribution in [2.45, 2.75) is 63.9 Å². The lowest BCUT2D eigenvalue weighted by molar-refractivity contribution is -0.133. The minimum atomic E-state index is 0.209. The fourth-order valence-electron chi connectivity index (χ4n) is 3.37. The molecule has 2 atom stereocenters. The summed E-state index contributed by atoms with van der Waals surface area (Å²) in [5.74, 6) is 1.78. The molecule has 3 heterocycles. The second-order valence-electron chi connectivity index (χ2n) is 6.38. The number of carbonyl (C=O) groups is 1. The predicted octanol–water partition coefficient (Wildman–Crippen LogP) is 2.43. The molecule has 22 heavy (non-hydrogen) atoms. The number of hydrogen-bond donors (Lipinski definition) is 0. The summed E-state index contributed by atoms with van der Waals surface area (Å²) in [5, 5.41) is 4.01. The fraction of sp³-hybridized carbons (Fsp3) is 0.812. The van der Waals surface area contributed by atoms with E-state index in [1.807, 2.05) is 4.90 Å². The van der Waals surface area contributed by atoms with Gasteiger partial charge in [-0.25, -0.2) is 0 Å². The van der Waals surface area contributed by atoms with Crippen molar-refractivity contribution in [2.75, 3.05) is 19.7 Å². The molecule has 1 aromatic heterocycles. The van der Waals surface area contributed by atoms with Crippen LogP contribution in [0.2, 0.25) is 0 Å². The molecule has 2 aliphatic heterocycles. The van der Waals surface area contributed by atoms with E-state index >= 15 is 0 Å². The SMILES string of the molecule is Cc1nc([C@@H]2CCCN(C(=O)CC[C@@H]3CCCCO3)C2)no1. The molecule has 0 spiro atoms. The second-order valence-corrected chi connectivity index (χ2v) is 6.38. The van der Waals surface area contributed by atoms with E-state index in [1.165, 1.54) is 6.42 Å². The quantitative estimate of drug-likeness (QED) is 0.854. The van der Waals surface area contributed by atoms with E-state index < -0.39 is 0 Å². The lowest BCUT2D eigenvalue weighted by atomic mass is 9.96. The molecule has 0 N–H and O–H groups in total. The van der Waals surface area contributed by atoms with Crippen LogP contribution in [0.1, 0.15) is 62.6 Å². The third kappa shape index (κ3) is 3.85. The number of piperidine rings is 1. The standard InChI is InChI=1S/C16H25N3O3/c1-12-17-16(18-22-12)13-5-4-9-19(11-13)15(20)8-7-14-6-2-3-10-21-14/h13-14H,2-11H2,1H3/t13-,14+/m1/s1. The number of nitrogens with zero attached hydrogens (tertiary/aromatic N) is 3. The van der Waals surface area contributed by atoms with Crippen molar-refractivity contribution in [1.29, 1.82) is 0 Å². The minimum absolute atomic E-state index is 0.209. The van der Waals surface area contributed by atoms with Crippen LogP contribution in [-0.4, -0.2) is 46.7 Å². The number of likely N-dealkylation sites (tertiary alicyclic amines) is 1.